The summed E-state index contributed by atoms with van der Waals surface area (Å²) in [6.45, 7) is 0. The van der Waals surface area contributed by atoms with Crippen LogP contribution in [0.15, 0.2) is 138 Å². The van der Waals surface area contributed by atoms with Gasteiger partial charge >= 0.3 is 0 Å². The van der Waals surface area contributed by atoms with Crippen LogP contribution in [0, 0.1) is 0 Å². The van der Waals surface area contributed by atoms with E-state index in [0.717, 1.165) is 33.3 Å². The predicted octanol–water partition coefficient (Wildman–Crippen LogP) is 11.0. The number of hydrogen-bond donors (Lipinski definition) is 1. The van der Waals surface area contributed by atoms with Gasteiger partial charge in [0.05, 0.1) is 5.69 Å². The highest BCUT2D eigenvalue weighted by molar-refractivity contribution is 7.26. The van der Waals surface area contributed by atoms with Gasteiger partial charge in [-0.2, -0.15) is 0 Å². The third kappa shape index (κ3) is 3.63. The molecule has 0 aliphatic carbocycles. The molecule has 0 atom stereocenters. The molecule has 2 aromatic heterocycles. The number of fused-ring (bicyclic) bond motifs is 6. The van der Waals surface area contributed by atoms with Gasteiger partial charge in [-0.1, -0.05) is 97.1 Å². The van der Waals surface area contributed by atoms with E-state index < -0.39 is 0 Å². The second kappa shape index (κ2) is 8.87. The average molecular weight is 518 g/mol. The lowest BCUT2D eigenvalue weighted by Crippen LogP contribution is -1.92. The minimum absolute atomic E-state index is 0.874. The predicted molar refractivity (Wildman–Crippen MR) is 167 cm³/mol. The summed E-state index contributed by atoms with van der Waals surface area (Å²) in [5.41, 5.74) is 8.62. The fourth-order valence-electron chi connectivity index (χ4n) is 5.67. The van der Waals surface area contributed by atoms with Crippen LogP contribution in [0.3, 0.4) is 0 Å². The lowest BCUT2D eigenvalue weighted by atomic mass is 9.98. The lowest BCUT2D eigenvalue weighted by Gasteiger charge is -2.12. The third-order valence-electron chi connectivity index (χ3n) is 7.48. The Morgan fingerprint density at radius 1 is 0.487 bits per heavy atom. The molecule has 39 heavy (non-hydrogen) atoms. The van der Waals surface area contributed by atoms with Crippen LogP contribution in [0.25, 0.3) is 64.4 Å². The van der Waals surface area contributed by atoms with E-state index in [-0.39, 0.29) is 0 Å². The van der Waals surface area contributed by atoms with Crippen LogP contribution >= 0.6 is 11.3 Å². The van der Waals surface area contributed by atoms with Gasteiger partial charge in [-0.25, -0.2) is 0 Å². The molecule has 0 saturated carbocycles. The number of nitrogens with one attached hydrogen (secondary N) is 1. The van der Waals surface area contributed by atoms with Crippen LogP contribution in [-0.2, 0) is 0 Å². The van der Waals surface area contributed by atoms with E-state index in [1.54, 1.807) is 0 Å². The summed E-state index contributed by atoms with van der Waals surface area (Å²) in [5, 5.41) is 8.55. The maximum absolute atomic E-state index is 6.52. The number of thiophene rings is 1. The van der Waals surface area contributed by atoms with Crippen LogP contribution in [-0.4, -0.2) is 0 Å². The summed E-state index contributed by atoms with van der Waals surface area (Å²) < 4.78 is 9.07. The van der Waals surface area contributed by atoms with Gasteiger partial charge in [0.1, 0.15) is 5.58 Å². The van der Waals surface area contributed by atoms with Crippen LogP contribution in [0.5, 0.6) is 0 Å². The Morgan fingerprint density at radius 3 is 2.10 bits per heavy atom. The smallest absolute Gasteiger partial charge is 0.159 e. The highest BCUT2D eigenvalue weighted by Crippen LogP contribution is 2.44. The van der Waals surface area contributed by atoms with Crippen molar-refractivity contribution >= 4 is 64.8 Å². The van der Waals surface area contributed by atoms with Gasteiger partial charge in [-0.3, -0.25) is 0 Å². The van der Waals surface area contributed by atoms with Crippen LogP contribution < -0.4 is 5.32 Å². The highest BCUT2D eigenvalue weighted by atomic mass is 32.1. The molecule has 2 nitrogen and oxygen atoms in total. The average Bonchev–Trinajstić information content (AvgIpc) is 3.58. The Morgan fingerprint density at radius 2 is 1.26 bits per heavy atom. The summed E-state index contributed by atoms with van der Waals surface area (Å²) in [5.74, 6) is 0. The zero-order valence-corrected chi connectivity index (χ0v) is 21.8. The van der Waals surface area contributed by atoms with Gasteiger partial charge < -0.3 is 9.73 Å². The first-order valence-electron chi connectivity index (χ1n) is 13.1. The van der Waals surface area contributed by atoms with Crippen molar-refractivity contribution in [2.45, 2.75) is 0 Å². The molecule has 8 rings (SSSR count). The molecule has 6 aromatic carbocycles. The van der Waals surface area contributed by atoms with E-state index in [0.29, 0.717) is 0 Å². The molecule has 0 fully saturated rings. The summed E-state index contributed by atoms with van der Waals surface area (Å²) in [7, 11) is 0. The monoisotopic (exact) mass is 517 g/mol. The number of anilines is 2. The molecule has 184 valence electrons. The molecular weight excluding hydrogens is 494 g/mol. The minimum Gasteiger partial charge on any atom is -0.454 e. The van der Waals surface area contributed by atoms with Crippen molar-refractivity contribution in [1.29, 1.82) is 0 Å². The number of hydrogen-bond acceptors (Lipinski definition) is 3. The standard InChI is InChI=1S/C36H23NOS/c1-3-10-23(11-4-1)25-18-21-32-28(22-25)35-29(15-9-17-33(35)39-32)37-30-20-19-26(24-12-5-2-6-13-24)34-27-14-7-8-16-31(27)38-36(30)34/h1-22,37H. The number of rotatable bonds is 4. The molecule has 0 aliphatic rings. The third-order valence-corrected chi connectivity index (χ3v) is 8.62. The van der Waals surface area contributed by atoms with Gasteiger partial charge in [0.25, 0.3) is 0 Å². The lowest BCUT2D eigenvalue weighted by molar-refractivity contribution is 0.670. The molecule has 8 aromatic rings. The first-order valence-corrected chi connectivity index (χ1v) is 13.9. The molecule has 0 saturated heterocycles. The number of benzene rings is 6. The van der Waals surface area contributed by atoms with Crippen molar-refractivity contribution in [3.8, 4) is 22.3 Å². The van der Waals surface area contributed by atoms with Gasteiger partial charge in [-0.05, 0) is 58.7 Å². The van der Waals surface area contributed by atoms with Crippen molar-refractivity contribution in [1.82, 2.24) is 0 Å². The fraction of sp³-hybridized carbons (Fsp3) is 0. The molecule has 3 heteroatoms. The molecule has 0 spiro atoms. The minimum atomic E-state index is 0.874. The quantitative estimate of drug-likeness (QED) is 0.251. The van der Waals surface area contributed by atoms with Crippen LogP contribution in [0.2, 0.25) is 0 Å². The molecule has 2 heterocycles. The number of furan rings is 1. The maximum Gasteiger partial charge on any atom is 0.159 e. The Labute approximate surface area is 229 Å². The largest absolute Gasteiger partial charge is 0.454 e. The topological polar surface area (TPSA) is 25.2 Å². The van der Waals surface area contributed by atoms with E-state index in [1.165, 1.54) is 42.4 Å². The maximum atomic E-state index is 6.52. The van der Waals surface area contributed by atoms with E-state index >= 15 is 0 Å². The van der Waals surface area contributed by atoms with E-state index in [2.05, 4.69) is 127 Å². The van der Waals surface area contributed by atoms with E-state index in [4.69, 9.17) is 4.42 Å². The summed E-state index contributed by atoms with van der Waals surface area (Å²) in [6.07, 6.45) is 0. The van der Waals surface area contributed by atoms with Gasteiger partial charge in [0, 0.05) is 36.6 Å². The van der Waals surface area contributed by atoms with E-state index in [1.807, 2.05) is 23.5 Å². The Bertz CT molecular complexity index is 2140. The molecule has 0 unspecified atom stereocenters. The second-order valence-electron chi connectivity index (χ2n) is 9.81. The van der Waals surface area contributed by atoms with Crippen molar-refractivity contribution < 1.29 is 4.42 Å². The van der Waals surface area contributed by atoms with Crippen molar-refractivity contribution in [3.63, 3.8) is 0 Å². The molecule has 0 amide bonds. The molecular formula is C36H23NOS. The van der Waals surface area contributed by atoms with Gasteiger partial charge in [0.15, 0.2) is 5.58 Å². The van der Waals surface area contributed by atoms with Crippen LogP contribution in [0.1, 0.15) is 0 Å². The molecule has 1 N–H and O–H groups in total. The Hall–Kier alpha value is -4.86. The van der Waals surface area contributed by atoms with Gasteiger partial charge in [-0.15, -0.1) is 11.3 Å². The first kappa shape index (κ1) is 22.2. The highest BCUT2D eigenvalue weighted by Gasteiger charge is 2.18. The SMILES string of the molecule is c1ccc(-c2ccc3sc4cccc(Nc5ccc(-c6ccccc6)c6c5oc5ccccc56)c4c3c2)cc1. The van der Waals surface area contributed by atoms with Gasteiger partial charge in [0.2, 0.25) is 0 Å². The zero-order chi connectivity index (χ0) is 25.8. The summed E-state index contributed by atoms with van der Waals surface area (Å²) in [4.78, 5) is 0. The molecule has 0 radical (unpaired) electrons. The number of para-hydroxylation sites is 1. The summed E-state index contributed by atoms with van der Waals surface area (Å²) >= 11 is 1.83. The second-order valence-corrected chi connectivity index (χ2v) is 10.9. The fourth-order valence-corrected chi connectivity index (χ4v) is 6.78. The van der Waals surface area contributed by atoms with E-state index in [9.17, 15) is 0 Å². The zero-order valence-electron chi connectivity index (χ0n) is 21.0. The van der Waals surface area contributed by atoms with Crippen molar-refractivity contribution in [2.24, 2.45) is 0 Å². The first-order chi connectivity index (χ1) is 19.3. The molecule has 0 aliphatic heterocycles. The van der Waals surface area contributed by atoms with Crippen molar-refractivity contribution in [2.75, 3.05) is 5.32 Å². The normalized spacial score (nSPS) is 11.6. The van der Waals surface area contributed by atoms with Crippen molar-refractivity contribution in [3.05, 3.63) is 133 Å². The molecule has 0 bridgehead atoms. The summed E-state index contributed by atoms with van der Waals surface area (Å²) in [6, 6.07) is 47.1. The Balaban J connectivity index is 1.33. The van der Waals surface area contributed by atoms with Crippen LogP contribution in [0.4, 0.5) is 11.4 Å². The Kier molecular flexibility index (Phi) is 5.04.